The standard InChI is InChI=1S/C24H17BrN4O2S/c25-14-9-11-15(12-10-14)26-21(30)13-20-23(31)27-24(32-20)29-28-22-18-7-3-1-5-16(18)17-6-2-4-8-19(17)22/h1-12,20H,13H2,(H,26,30)(H,27,29,31). The average Bonchev–Trinajstić information content (AvgIpc) is 3.31. The summed E-state index contributed by atoms with van der Waals surface area (Å²) < 4.78 is 0.927. The molecule has 8 heteroatoms. The number of thioether (sulfide) groups is 1. The summed E-state index contributed by atoms with van der Waals surface area (Å²) in [5.41, 5.74) is 5.71. The second-order valence-electron chi connectivity index (χ2n) is 7.30. The number of carbonyl (C=O) groups excluding carboxylic acids is 2. The summed E-state index contributed by atoms with van der Waals surface area (Å²) in [7, 11) is 0. The van der Waals surface area contributed by atoms with Crippen molar-refractivity contribution in [2.45, 2.75) is 11.7 Å². The van der Waals surface area contributed by atoms with E-state index < -0.39 is 5.25 Å². The first-order valence-corrected chi connectivity index (χ1v) is 11.6. The van der Waals surface area contributed by atoms with E-state index >= 15 is 0 Å². The lowest BCUT2D eigenvalue weighted by Crippen LogP contribution is -2.28. The zero-order valence-corrected chi connectivity index (χ0v) is 19.1. The van der Waals surface area contributed by atoms with Crippen molar-refractivity contribution in [3.63, 3.8) is 0 Å². The summed E-state index contributed by atoms with van der Waals surface area (Å²) in [6.07, 6.45) is 0.0494. The molecule has 1 aliphatic carbocycles. The highest BCUT2D eigenvalue weighted by atomic mass is 79.9. The fourth-order valence-corrected chi connectivity index (χ4v) is 4.88. The van der Waals surface area contributed by atoms with Crippen molar-refractivity contribution in [1.82, 2.24) is 5.32 Å². The van der Waals surface area contributed by atoms with Gasteiger partial charge in [-0.3, -0.25) is 9.59 Å². The number of amides is 2. The molecular formula is C24H17BrN4O2S. The number of anilines is 1. The van der Waals surface area contributed by atoms with Gasteiger partial charge in [-0.15, -0.1) is 10.2 Å². The van der Waals surface area contributed by atoms with Crippen LogP contribution in [-0.2, 0) is 9.59 Å². The quantitative estimate of drug-likeness (QED) is 0.391. The molecular weight excluding hydrogens is 488 g/mol. The minimum absolute atomic E-state index is 0.0494. The smallest absolute Gasteiger partial charge is 0.240 e. The molecule has 1 atom stereocenters. The molecule has 3 aromatic carbocycles. The Morgan fingerprint density at radius 1 is 0.906 bits per heavy atom. The Morgan fingerprint density at radius 3 is 2.12 bits per heavy atom. The zero-order valence-electron chi connectivity index (χ0n) is 16.7. The molecule has 158 valence electrons. The number of hydrogen-bond acceptors (Lipinski definition) is 5. The molecule has 5 rings (SSSR count). The molecule has 0 radical (unpaired) electrons. The number of amidine groups is 1. The Kier molecular flexibility index (Phi) is 5.63. The van der Waals surface area contributed by atoms with Gasteiger partial charge in [0.1, 0.15) is 11.0 Å². The van der Waals surface area contributed by atoms with E-state index in [2.05, 4.69) is 48.9 Å². The Labute approximate surface area is 197 Å². The van der Waals surface area contributed by atoms with Crippen LogP contribution in [0.1, 0.15) is 17.5 Å². The van der Waals surface area contributed by atoms with Gasteiger partial charge in [0.2, 0.25) is 11.8 Å². The van der Waals surface area contributed by atoms with Crippen molar-refractivity contribution in [3.05, 3.63) is 88.4 Å². The first-order valence-electron chi connectivity index (χ1n) is 9.96. The summed E-state index contributed by atoms with van der Waals surface area (Å²) in [5.74, 6) is -0.474. The molecule has 1 heterocycles. The number of hydrogen-bond donors (Lipinski definition) is 2. The van der Waals surface area contributed by atoms with Gasteiger partial charge in [0.05, 0.1) is 0 Å². The van der Waals surface area contributed by atoms with E-state index in [1.54, 1.807) is 12.1 Å². The fourth-order valence-electron chi connectivity index (χ4n) is 3.70. The highest BCUT2D eigenvalue weighted by Crippen LogP contribution is 2.36. The lowest BCUT2D eigenvalue weighted by atomic mass is 10.1. The second-order valence-corrected chi connectivity index (χ2v) is 9.41. The van der Waals surface area contributed by atoms with Crippen LogP contribution in [0.5, 0.6) is 0 Å². The molecule has 0 aromatic heterocycles. The van der Waals surface area contributed by atoms with E-state index in [1.165, 1.54) is 11.8 Å². The topological polar surface area (TPSA) is 82.9 Å². The van der Waals surface area contributed by atoms with Gasteiger partial charge in [0, 0.05) is 27.7 Å². The van der Waals surface area contributed by atoms with Crippen LogP contribution < -0.4 is 10.6 Å². The number of nitrogens with one attached hydrogen (secondary N) is 2. The first kappa shape index (κ1) is 20.7. The molecule has 32 heavy (non-hydrogen) atoms. The van der Waals surface area contributed by atoms with Gasteiger partial charge in [-0.1, -0.05) is 76.2 Å². The van der Waals surface area contributed by atoms with Crippen LogP contribution in [0, 0.1) is 0 Å². The highest BCUT2D eigenvalue weighted by molar-refractivity contribution is 9.10. The number of rotatable bonds is 4. The summed E-state index contributed by atoms with van der Waals surface area (Å²) in [4.78, 5) is 24.7. The van der Waals surface area contributed by atoms with Gasteiger partial charge in [-0.2, -0.15) is 0 Å². The lowest BCUT2D eigenvalue weighted by molar-refractivity contribution is -0.122. The van der Waals surface area contributed by atoms with Crippen LogP contribution in [0.25, 0.3) is 11.1 Å². The van der Waals surface area contributed by atoms with Gasteiger partial charge in [0.25, 0.3) is 0 Å². The van der Waals surface area contributed by atoms with Gasteiger partial charge >= 0.3 is 0 Å². The van der Waals surface area contributed by atoms with E-state index in [1.807, 2.05) is 48.5 Å². The van der Waals surface area contributed by atoms with Crippen LogP contribution in [0.15, 0.2) is 87.5 Å². The predicted molar refractivity (Wildman–Crippen MR) is 132 cm³/mol. The molecule has 0 saturated carbocycles. The summed E-state index contributed by atoms with van der Waals surface area (Å²) in [6.45, 7) is 0. The number of nitrogens with zero attached hydrogens (tertiary/aromatic N) is 2. The van der Waals surface area contributed by atoms with Crippen molar-refractivity contribution in [1.29, 1.82) is 0 Å². The maximum absolute atomic E-state index is 12.4. The Balaban J connectivity index is 1.31. The highest BCUT2D eigenvalue weighted by Gasteiger charge is 2.32. The van der Waals surface area contributed by atoms with Crippen molar-refractivity contribution >= 4 is 56.1 Å². The van der Waals surface area contributed by atoms with Crippen LogP contribution >= 0.6 is 27.7 Å². The van der Waals surface area contributed by atoms with Crippen molar-refractivity contribution < 1.29 is 9.59 Å². The van der Waals surface area contributed by atoms with Crippen molar-refractivity contribution in [2.24, 2.45) is 10.2 Å². The lowest BCUT2D eigenvalue weighted by Gasteiger charge is -2.07. The molecule has 1 aliphatic heterocycles. The minimum atomic E-state index is -0.549. The van der Waals surface area contributed by atoms with Gasteiger partial charge < -0.3 is 10.6 Å². The SMILES string of the molecule is O=C(CC1SC(=NN=C2c3ccccc3-c3ccccc32)NC1=O)Nc1ccc(Br)cc1. The monoisotopic (exact) mass is 504 g/mol. The largest absolute Gasteiger partial charge is 0.326 e. The summed E-state index contributed by atoms with van der Waals surface area (Å²) in [5, 5.41) is 14.2. The normalized spacial score (nSPS) is 17.7. The summed E-state index contributed by atoms with van der Waals surface area (Å²) >= 11 is 4.58. The van der Waals surface area contributed by atoms with Crippen molar-refractivity contribution in [2.75, 3.05) is 5.32 Å². The van der Waals surface area contributed by atoms with E-state index in [0.717, 1.165) is 32.4 Å². The third-order valence-corrected chi connectivity index (χ3v) is 6.77. The van der Waals surface area contributed by atoms with Crippen LogP contribution in [0.3, 0.4) is 0 Å². The van der Waals surface area contributed by atoms with Crippen LogP contribution in [0.2, 0.25) is 0 Å². The molecule has 3 aromatic rings. The third kappa shape index (κ3) is 4.11. The number of fused-ring (bicyclic) bond motifs is 3. The van der Waals surface area contributed by atoms with Gasteiger partial charge in [-0.25, -0.2) is 0 Å². The molecule has 1 unspecified atom stereocenters. The minimum Gasteiger partial charge on any atom is -0.326 e. The van der Waals surface area contributed by atoms with Crippen molar-refractivity contribution in [3.8, 4) is 11.1 Å². The fraction of sp³-hybridized carbons (Fsp3) is 0.0833. The molecule has 1 fully saturated rings. The number of halogens is 1. The predicted octanol–water partition coefficient (Wildman–Crippen LogP) is 4.80. The van der Waals surface area contributed by atoms with E-state index in [0.29, 0.717) is 10.9 Å². The zero-order chi connectivity index (χ0) is 22.1. The molecule has 0 spiro atoms. The molecule has 6 nitrogen and oxygen atoms in total. The molecule has 2 N–H and O–H groups in total. The number of benzene rings is 3. The van der Waals surface area contributed by atoms with E-state index in [4.69, 9.17) is 0 Å². The second kappa shape index (κ2) is 8.72. The molecule has 2 aliphatic rings. The van der Waals surface area contributed by atoms with Crippen LogP contribution in [0.4, 0.5) is 5.69 Å². The Hall–Kier alpha value is -3.23. The number of carbonyl (C=O) groups is 2. The van der Waals surface area contributed by atoms with Crippen LogP contribution in [-0.4, -0.2) is 27.9 Å². The maximum atomic E-state index is 12.4. The van der Waals surface area contributed by atoms with Gasteiger partial charge in [0.15, 0.2) is 5.17 Å². The third-order valence-electron chi connectivity index (χ3n) is 5.17. The van der Waals surface area contributed by atoms with E-state index in [9.17, 15) is 9.59 Å². The van der Waals surface area contributed by atoms with E-state index in [-0.39, 0.29) is 18.2 Å². The average molecular weight is 505 g/mol. The summed E-state index contributed by atoms with van der Waals surface area (Å²) in [6, 6.07) is 23.4. The first-order chi connectivity index (χ1) is 15.6. The molecule has 0 bridgehead atoms. The molecule has 1 saturated heterocycles. The van der Waals surface area contributed by atoms with Gasteiger partial charge in [-0.05, 0) is 35.4 Å². The Bertz CT molecular complexity index is 1240. The molecule has 2 amide bonds. The Morgan fingerprint density at radius 2 is 1.50 bits per heavy atom. The maximum Gasteiger partial charge on any atom is 0.240 e.